The Hall–Kier alpha value is -2.43. The molecule has 0 saturated heterocycles. The van der Waals surface area contributed by atoms with Crippen LogP contribution in [0.25, 0.3) is 0 Å². The lowest BCUT2D eigenvalue weighted by Crippen LogP contribution is -2.40. The molecule has 0 aliphatic heterocycles. The van der Waals surface area contributed by atoms with Crippen LogP contribution in [-0.4, -0.2) is 16.1 Å². The summed E-state index contributed by atoms with van der Waals surface area (Å²) in [7, 11) is 0. The molecule has 0 spiro atoms. The number of rotatable bonds is 4. The van der Waals surface area contributed by atoms with Crippen LogP contribution in [0.2, 0.25) is 0 Å². The van der Waals surface area contributed by atoms with Crippen molar-refractivity contribution in [2.24, 2.45) is 0 Å². The number of nitrogens with one attached hydrogen (secondary N) is 1. The minimum Gasteiger partial charge on any atom is -0.479 e. The summed E-state index contributed by atoms with van der Waals surface area (Å²) in [6, 6.07) is 8.80. The molecule has 0 bridgehead atoms. The summed E-state index contributed by atoms with van der Waals surface area (Å²) in [4.78, 5) is 15.4. The molecule has 1 unspecified atom stereocenters. The van der Waals surface area contributed by atoms with E-state index in [1.807, 2.05) is 0 Å². The number of anilines is 1. The number of hydrogen-bond acceptors (Lipinski definition) is 3. The monoisotopic (exact) mass is 260 g/mol. The summed E-state index contributed by atoms with van der Waals surface area (Å²) >= 11 is 0. The highest BCUT2D eigenvalue weighted by molar-refractivity contribution is 5.84. The highest BCUT2D eigenvalue weighted by atomic mass is 19.1. The first-order chi connectivity index (χ1) is 9.02. The molecular weight excluding hydrogens is 247 g/mol. The quantitative estimate of drug-likeness (QED) is 0.887. The van der Waals surface area contributed by atoms with E-state index in [0.717, 1.165) is 0 Å². The summed E-state index contributed by atoms with van der Waals surface area (Å²) in [5.74, 6) is -1.39. The normalized spacial score (nSPS) is 13.6. The average Bonchev–Trinajstić information content (AvgIpc) is 2.42. The zero-order valence-electron chi connectivity index (χ0n) is 10.3. The number of carboxylic acids is 1. The number of aromatic nitrogens is 1. The van der Waals surface area contributed by atoms with Crippen LogP contribution in [0.1, 0.15) is 12.5 Å². The molecule has 0 aliphatic rings. The van der Waals surface area contributed by atoms with Crippen molar-refractivity contribution in [3.05, 3.63) is 60.2 Å². The Labute approximate surface area is 109 Å². The third-order valence-corrected chi connectivity index (χ3v) is 2.92. The smallest absolute Gasteiger partial charge is 0.333 e. The zero-order valence-corrected chi connectivity index (χ0v) is 10.3. The highest BCUT2D eigenvalue weighted by Crippen LogP contribution is 2.26. The summed E-state index contributed by atoms with van der Waals surface area (Å²) in [6.45, 7) is 1.55. The molecular formula is C14H13FN2O2. The van der Waals surface area contributed by atoms with Crippen molar-refractivity contribution >= 4 is 11.7 Å². The van der Waals surface area contributed by atoms with Gasteiger partial charge in [-0.3, -0.25) is 4.98 Å². The number of carboxylic acid groups (broad SMARTS) is 1. The molecule has 98 valence electrons. The first-order valence-electron chi connectivity index (χ1n) is 5.70. The van der Waals surface area contributed by atoms with Crippen LogP contribution in [0, 0.1) is 5.82 Å². The van der Waals surface area contributed by atoms with Crippen molar-refractivity contribution < 1.29 is 14.3 Å². The van der Waals surface area contributed by atoms with Crippen LogP contribution in [0.3, 0.4) is 0 Å². The summed E-state index contributed by atoms with van der Waals surface area (Å²) < 4.78 is 12.8. The maximum Gasteiger partial charge on any atom is 0.333 e. The average molecular weight is 260 g/mol. The van der Waals surface area contributed by atoms with Gasteiger partial charge in [0.25, 0.3) is 0 Å². The van der Waals surface area contributed by atoms with Gasteiger partial charge in [0.15, 0.2) is 5.54 Å². The van der Waals surface area contributed by atoms with E-state index in [-0.39, 0.29) is 5.82 Å². The van der Waals surface area contributed by atoms with E-state index in [9.17, 15) is 14.3 Å². The van der Waals surface area contributed by atoms with E-state index in [1.165, 1.54) is 36.7 Å². The number of aliphatic carboxylic acids is 1. The van der Waals surface area contributed by atoms with Crippen molar-refractivity contribution in [3.8, 4) is 0 Å². The minimum absolute atomic E-state index is 0.369. The lowest BCUT2D eigenvalue weighted by molar-refractivity contribution is -0.142. The molecule has 2 N–H and O–H groups in total. The Morgan fingerprint density at radius 1 is 1.21 bits per heavy atom. The van der Waals surface area contributed by atoms with E-state index < -0.39 is 11.5 Å². The van der Waals surface area contributed by atoms with E-state index in [1.54, 1.807) is 19.1 Å². The molecule has 1 heterocycles. The Morgan fingerprint density at radius 2 is 1.79 bits per heavy atom. The van der Waals surface area contributed by atoms with Gasteiger partial charge in [0.05, 0.1) is 0 Å². The topological polar surface area (TPSA) is 62.2 Å². The van der Waals surface area contributed by atoms with Crippen LogP contribution in [0.4, 0.5) is 10.1 Å². The lowest BCUT2D eigenvalue weighted by Gasteiger charge is -2.27. The summed E-state index contributed by atoms with van der Waals surface area (Å²) in [5.41, 5.74) is -0.205. The standard InChI is InChI=1S/C14H13FN2O2/c1-14(13(18)19,10-6-8-16-9-7-10)17-12-4-2-11(15)3-5-12/h2-9,17H,1H3,(H,18,19). The second-order valence-electron chi connectivity index (χ2n) is 4.30. The third kappa shape index (κ3) is 2.70. The Kier molecular flexibility index (Phi) is 3.46. The van der Waals surface area contributed by atoms with Gasteiger partial charge in [-0.25, -0.2) is 9.18 Å². The Bertz CT molecular complexity index is 572. The van der Waals surface area contributed by atoms with E-state index >= 15 is 0 Å². The Balaban J connectivity index is 2.36. The van der Waals surface area contributed by atoms with Crippen molar-refractivity contribution in [1.29, 1.82) is 0 Å². The predicted octanol–water partition coefficient (Wildman–Crippen LogP) is 2.63. The molecule has 1 atom stereocenters. The van der Waals surface area contributed by atoms with Crippen LogP contribution in [0.5, 0.6) is 0 Å². The first kappa shape index (κ1) is 13.0. The van der Waals surface area contributed by atoms with Crippen molar-refractivity contribution in [3.63, 3.8) is 0 Å². The zero-order chi connectivity index (χ0) is 13.9. The molecule has 0 fully saturated rings. The predicted molar refractivity (Wildman–Crippen MR) is 69.2 cm³/mol. The molecule has 5 heteroatoms. The molecule has 2 rings (SSSR count). The molecule has 19 heavy (non-hydrogen) atoms. The fourth-order valence-electron chi connectivity index (χ4n) is 1.76. The molecule has 0 aliphatic carbocycles. The fraction of sp³-hybridized carbons (Fsp3) is 0.143. The molecule has 1 aromatic carbocycles. The van der Waals surface area contributed by atoms with E-state index in [4.69, 9.17) is 0 Å². The number of pyridine rings is 1. The van der Waals surface area contributed by atoms with Crippen molar-refractivity contribution in [2.45, 2.75) is 12.5 Å². The van der Waals surface area contributed by atoms with Gasteiger partial charge < -0.3 is 10.4 Å². The number of halogens is 1. The minimum atomic E-state index is -1.30. The van der Waals surface area contributed by atoms with Gasteiger partial charge in [0.1, 0.15) is 5.82 Å². The highest BCUT2D eigenvalue weighted by Gasteiger charge is 2.35. The summed E-state index contributed by atoms with van der Waals surface area (Å²) in [6.07, 6.45) is 3.06. The largest absolute Gasteiger partial charge is 0.479 e. The van der Waals surface area contributed by atoms with E-state index in [0.29, 0.717) is 11.3 Å². The molecule has 4 nitrogen and oxygen atoms in total. The van der Waals surface area contributed by atoms with Crippen LogP contribution < -0.4 is 5.32 Å². The van der Waals surface area contributed by atoms with Crippen molar-refractivity contribution in [2.75, 3.05) is 5.32 Å². The molecule has 0 amide bonds. The lowest BCUT2D eigenvalue weighted by atomic mass is 9.92. The summed E-state index contributed by atoms with van der Waals surface area (Å²) in [5, 5.41) is 12.3. The van der Waals surface area contributed by atoms with Gasteiger partial charge in [-0.05, 0) is 48.9 Å². The van der Waals surface area contributed by atoms with Crippen LogP contribution in [0.15, 0.2) is 48.8 Å². The SMILES string of the molecule is CC(Nc1ccc(F)cc1)(C(=O)O)c1ccncc1. The number of nitrogens with zero attached hydrogens (tertiary/aromatic N) is 1. The van der Waals surface area contributed by atoms with Gasteiger partial charge in [0, 0.05) is 18.1 Å². The second-order valence-corrected chi connectivity index (χ2v) is 4.30. The van der Waals surface area contributed by atoms with Crippen LogP contribution in [-0.2, 0) is 10.3 Å². The number of hydrogen-bond donors (Lipinski definition) is 2. The molecule has 1 aromatic heterocycles. The number of carbonyl (C=O) groups is 1. The molecule has 2 aromatic rings. The van der Waals surface area contributed by atoms with Gasteiger partial charge in [-0.2, -0.15) is 0 Å². The maximum absolute atomic E-state index is 12.8. The number of benzene rings is 1. The van der Waals surface area contributed by atoms with Gasteiger partial charge in [0.2, 0.25) is 0 Å². The van der Waals surface area contributed by atoms with Crippen molar-refractivity contribution in [1.82, 2.24) is 4.98 Å². The Morgan fingerprint density at radius 3 is 2.32 bits per heavy atom. The second kappa shape index (κ2) is 5.06. The van der Waals surface area contributed by atoms with Gasteiger partial charge in [-0.15, -0.1) is 0 Å². The van der Waals surface area contributed by atoms with Crippen LogP contribution >= 0.6 is 0 Å². The fourth-order valence-corrected chi connectivity index (χ4v) is 1.76. The van der Waals surface area contributed by atoms with Gasteiger partial charge in [-0.1, -0.05) is 0 Å². The third-order valence-electron chi connectivity index (χ3n) is 2.92. The van der Waals surface area contributed by atoms with Gasteiger partial charge >= 0.3 is 5.97 Å². The first-order valence-corrected chi connectivity index (χ1v) is 5.70. The molecule has 0 radical (unpaired) electrons. The van der Waals surface area contributed by atoms with E-state index in [2.05, 4.69) is 10.3 Å². The maximum atomic E-state index is 12.8. The molecule has 0 saturated carbocycles.